The maximum Gasteiger partial charge on any atom is 0.263 e. The molecule has 0 aliphatic carbocycles. The second-order valence-corrected chi connectivity index (χ2v) is 8.34. The summed E-state index contributed by atoms with van der Waals surface area (Å²) in [5, 5.41) is 9.22. The first-order valence-corrected chi connectivity index (χ1v) is 11.0. The second-order valence-electron chi connectivity index (χ2n) is 8.34. The molecule has 5 rings (SSSR count). The molecule has 0 radical (unpaired) electrons. The van der Waals surface area contributed by atoms with Crippen molar-refractivity contribution in [3.8, 4) is 16.8 Å². The first-order chi connectivity index (χ1) is 16.4. The first kappa shape index (κ1) is 21.4. The van der Waals surface area contributed by atoms with E-state index >= 15 is 0 Å². The molecule has 34 heavy (non-hydrogen) atoms. The molecular weight excluding hydrogens is 426 g/mol. The van der Waals surface area contributed by atoms with Crippen LogP contribution in [0.1, 0.15) is 24.2 Å². The van der Waals surface area contributed by atoms with Crippen LogP contribution in [-0.4, -0.2) is 24.3 Å². The Kier molecular flexibility index (Phi) is 5.33. The molecule has 0 aliphatic rings. The Hall–Kier alpha value is -4.46. The maximum atomic E-state index is 14.1. The summed E-state index contributed by atoms with van der Waals surface area (Å²) in [5.74, 6) is 0.830. The Balaban J connectivity index is 1.75. The molecule has 0 saturated heterocycles. The number of aryl methyl sites for hydroxylation is 2. The van der Waals surface area contributed by atoms with E-state index in [4.69, 9.17) is 5.73 Å². The quantitative estimate of drug-likeness (QED) is 0.414. The molecule has 8 nitrogen and oxygen atoms in total. The lowest BCUT2D eigenvalue weighted by molar-refractivity contribution is 0.768. The number of hydrogen-bond donors (Lipinski definition) is 2. The molecule has 170 valence electrons. The summed E-state index contributed by atoms with van der Waals surface area (Å²) in [6.07, 6.45) is 5.38. The third-order valence-corrected chi connectivity index (χ3v) is 5.89. The van der Waals surface area contributed by atoms with Gasteiger partial charge < -0.3 is 11.1 Å². The van der Waals surface area contributed by atoms with E-state index in [1.807, 2.05) is 75.6 Å². The Bertz CT molecular complexity index is 1550. The normalized spacial score (nSPS) is 12.1. The first-order valence-electron chi connectivity index (χ1n) is 11.0. The molecule has 2 aromatic carbocycles. The molecule has 3 N–H and O–H groups in total. The highest BCUT2D eigenvalue weighted by Gasteiger charge is 2.20. The Morgan fingerprint density at radius 3 is 2.59 bits per heavy atom. The molecular formula is C26H25N7O. The van der Waals surface area contributed by atoms with E-state index in [-0.39, 0.29) is 17.5 Å². The Morgan fingerprint density at radius 2 is 1.85 bits per heavy atom. The predicted octanol–water partition coefficient (Wildman–Crippen LogP) is 4.24. The molecule has 0 amide bonds. The van der Waals surface area contributed by atoms with Gasteiger partial charge in [0.25, 0.3) is 5.56 Å². The molecule has 3 aromatic heterocycles. The zero-order valence-corrected chi connectivity index (χ0v) is 19.2. The number of fused-ring (bicyclic) bond motifs is 1. The van der Waals surface area contributed by atoms with Crippen molar-refractivity contribution >= 4 is 22.5 Å². The lowest BCUT2D eigenvalue weighted by Gasteiger charge is -2.22. The van der Waals surface area contributed by atoms with Gasteiger partial charge in [-0.3, -0.25) is 14.0 Å². The minimum absolute atomic E-state index is 0.0919. The van der Waals surface area contributed by atoms with E-state index in [0.717, 1.165) is 33.5 Å². The molecule has 5 aromatic rings. The van der Waals surface area contributed by atoms with Gasteiger partial charge in [0.2, 0.25) is 5.95 Å². The number of pyridine rings is 1. The number of nitrogens with one attached hydrogen (secondary N) is 1. The summed E-state index contributed by atoms with van der Waals surface area (Å²) in [4.78, 5) is 22.5. The topological polar surface area (TPSA) is 104 Å². The van der Waals surface area contributed by atoms with Gasteiger partial charge in [-0.2, -0.15) is 10.1 Å². The lowest BCUT2D eigenvalue weighted by Crippen LogP contribution is -2.26. The minimum Gasteiger partial charge on any atom is -0.368 e. The van der Waals surface area contributed by atoms with Crippen molar-refractivity contribution in [1.82, 2.24) is 24.3 Å². The summed E-state index contributed by atoms with van der Waals surface area (Å²) >= 11 is 0. The number of hydrogen-bond acceptors (Lipinski definition) is 6. The van der Waals surface area contributed by atoms with Crippen LogP contribution >= 0.6 is 0 Å². The molecule has 0 bridgehead atoms. The number of benzene rings is 2. The molecule has 0 spiro atoms. The van der Waals surface area contributed by atoms with Crippen LogP contribution in [0.2, 0.25) is 0 Å². The van der Waals surface area contributed by atoms with E-state index in [9.17, 15) is 4.79 Å². The number of nitrogens with zero attached hydrogens (tertiary/aromatic N) is 5. The molecule has 0 saturated carbocycles. The van der Waals surface area contributed by atoms with Crippen molar-refractivity contribution in [2.24, 2.45) is 7.05 Å². The standard InChI is InChI=1S/C26H25N7O/c1-16-13-28-26(27)31-24(16)30-17(2)22-12-18-8-7-11-21(19-14-29-32(3)15-19)23(18)25(34)33(22)20-9-5-4-6-10-20/h4-15,17H,1-3H3,(H3,27,28,30,31)/t17-/m0/s1. The van der Waals surface area contributed by atoms with Gasteiger partial charge in [0.15, 0.2) is 0 Å². The molecule has 3 heterocycles. The molecule has 0 fully saturated rings. The summed E-state index contributed by atoms with van der Waals surface area (Å²) in [6, 6.07) is 17.4. The smallest absolute Gasteiger partial charge is 0.263 e. The van der Waals surface area contributed by atoms with Crippen LogP contribution in [-0.2, 0) is 7.05 Å². The average molecular weight is 452 g/mol. The highest BCUT2D eigenvalue weighted by molar-refractivity contribution is 5.96. The van der Waals surface area contributed by atoms with Crippen LogP contribution in [0.15, 0.2) is 78.0 Å². The minimum atomic E-state index is -0.243. The van der Waals surface area contributed by atoms with Crippen LogP contribution < -0.4 is 16.6 Å². The molecule has 0 unspecified atom stereocenters. The zero-order valence-electron chi connectivity index (χ0n) is 19.2. The van der Waals surface area contributed by atoms with Gasteiger partial charge in [-0.15, -0.1) is 0 Å². The van der Waals surface area contributed by atoms with Gasteiger partial charge >= 0.3 is 0 Å². The van der Waals surface area contributed by atoms with Gasteiger partial charge in [-0.25, -0.2) is 4.98 Å². The number of para-hydroxylation sites is 1. The number of nitrogen functional groups attached to an aromatic ring is 1. The van der Waals surface area contributed by atoms with Gasteiger partial charge in [-0.1, -0.05) is 36.4 Å². The molecule has 1 atom stereocenters. The van der Waals surface area contributed by atoms with Crippen LogP contribution in [0.25, 0.3) is 27.6 Å². The van der Waals surface area contributed by atoms with E-state index in [1.165, 1.54) is 0 Å². The van der Waals surface area contributed by atoms with Gasteiger partial charge in [0, 0.05) is 41.9 Å². The molecule has 8 heteroatoms. The Morgan fingerprint density at radius 1 is 1.06 bits per heavy atom. The summed E-state index contributed by atoms with van der Waals surface area (Å²) in [7, 11) is 1.87. The van der Waals surface area contributed by atoms with Crippen molar-refractivity contribution in [2.75, 3.05) is 11.1 Å². The predicted molar refractivity (Wildman–Crippen MR) is 135 cm³/mol. The van der Waals surface area contributed by atoms with E-state index < -0.39 is 0 Å². The number of aromatic nitrogens is 5. The van der Waals surface area contributed by atoms with Crippen molar-refractivity contribution in [3.05, 3.63) is 94.8 Å². The van der Waals surface area contributed by atoms with Crippen molar-refractivity contribution in [1.29, 1.82) is 0 Å². The second kappa shape index (κ2) is 8.47. The SMILES string of the molecule is Cc1cnc(N)nc1N[C@@H](C)c1cc2cccc(-c3cnn(C)c3)c2c(=O)n1-c1ccccc1. The van der Waals surface area contributed by atoms with E-state index in [0.29, 0.717) is 11.2 Å². The number of rotatable bonds is 5. The highest BCUT2D eigenvalue weighted by atomic mass is 16.1. The fourth-order valence-corrected chi connectivity index (χ4v) is 4.23. The van der Waals surface area contributed by atoms with Crippen LogP contribution in [0.5, 0.6) is 0 Å². The van der Waals surface area contributed by atoms with Crippen LogP contribution in [0.4, 0.5) is 11.8 Å². The van der Waals surface area contributed by atoms with Gasteiger partial charge in [0.1, 0.15) is 5.82 Å². The van der Waals surface area contributed by atoms with E-state index in [1.54, 1.807) is 21.6 Å². The average Bonchev–Trinajstić information content (AvgIpc) is 3.27. The van der Waals surface area contributed by atoms with Crippen LogP contribution in [0, 0.1) is 6.92 Å². The number of nitrogens with two attached hydrogens (primary N) is 1. The maximum absolute atomic E-state index is 14.1. The summed E-state index contributed by atoms with van der Waals surface area (Å²) in [6.45, 7) is 3.92. The van der Waals surface area contributed by atoms with Crippen molar-refractivity contribution < 1.29 is 0 Å². The van der Waals surface area contributed by atoms with Crippen LogP contribution in [0.3, 0.4) is 0 Å². The van der Waals surface area contributed by atoms with Crippen molar-refractivity contribution in [3.63, 3.8) is 0 Å². The lowest BCUT2D eigenvalue weighted by atomic mass is 9.99. The van der Waals surface area contributed by atoms with Crippen molar-refractivity contribution in [2.45, 2.75) is 19.9 Å². The Labute approximate surface area is 196 Å². The number of anilines is 2. The monoisotopic (exact) mass is 451 g/mol. The summed E-state index contributed by atoms with van der Waals surface area (Å²) < 4.78 is 3.50. The van der Waals surface area contributed by atoms with Gasteiger partial charge in [-0.05, 0) is 43.0 Å². The highest BCUT2D eigenvalue weighted by Crippen LogP contribution is 2.30. The summed E-state index contributed by atoms with van der Waals surface area (Å²) in [5.41, 5.74) is 9.94. The van der Waals surface area contributed by atoms with Gasteiger partial charge in [0.05, 0.1) is 17.6 Å². The third kappa shape index (κ3) is 3.79. The third-order valence-electron chi connectivity index (χ3n) is 5.89. The fourth-order valence-electron chi connectivity index (χ4n) is 4.23. The fraction of sp³-hybridized carbons (Fsp3) is 0.154. The largest absolute Gasteiger partial charge is 0.368 e. The van der Waals surface area contributed by atoms with E-state index in [2.05, 4.69) is 26.4 Å². The molecule has 0 aliphatic heterocycles. The zero-order chi connectivity index (χ0) is 23.8.